The van der Waals surface area contributed by atoms with Gasteiger partial charge in [-0.3, -0.25) is 9.78 Å². The number of nitrogens with zero attached hydrogens (tertiary/aromatic N) is 1. The fourth-order valence-corrected chi connectivity index (χ4v) is 6.13. The molecule has 2 aliphatic rings. The quantitative estimate of drug-likeness (QED) is 0.0952. The van der Waals surface area contributed by atoms with E-state index in [4.69, 9.17) is 26.2 Å². The second-order valence-corrected chi connectivity index (χ2v) is 13.6. The number of halogens is 1. The largest absolute Gasteiger partial charge is 0.490 e. The molecule has 4 unspecified atom stereocenters. The Morgan fingerprint density at radius 3 is 2.32 bits per heavy atom. The van der Waals surface area contributed by atoms with Gasteiger partial charge in [-0.2, -0.15) is 0 Å². The van der Waals surface area contributed by atoms with Gasteiger partial charge in [0.15, 0.2) is 0 Å². The first kappa shape index (κ1) is 35.9. The number of pyridine rings is 1. The Bertz CT molecular complexity index is 1760. The van der Waals surface area contributed by atoms with Crippen LogP contribution < -0.4 is 10.1 Å². The SMILES string of the molecule is O=C(NCC(O)C(O)C(O)C(O)CO)c1ccc(CCc2ccc(Cl)c(COC3(c4cnccc4-c4ccccc4OC4CC4)CC3)c2)cc1. The number of aliphatic hydroxyl groups excluding tert-OH is 5. The van der Waals surface area contributed by atoms with Gasteiger partial charge < -0.3 is 40.3 Å². The average Bonchev–Trinajstić information content (AvgIpc) is 4.10. The Hall–Kier alpha value is -3.87. The Balaban J connectivity index is 1.04. The molecule has 0 radical (unpaired) electrons. The van der Waals surface area contributed by atoms with Crippen molar-refractivity contribution in [2.45, 2.75) is 81.3 Å². The van der Waals surface area contributed by atoms with Crippen LogP contribution in [0.25, 0.3) is 11.1 Å². The lowest BCUT2D eigenvalue weighted by Gasteiger charge is -2.25. The molecule has 50 heavy (non-hydrogen) atoms. The molecule has 6 rings (SSSR count). The molecule has 1 amide bonds. The van der Waals surface area contributed by atoms with E-state index in [9.17, 15) is 25.2 Å². The minimum atomic E-state index is -1.76. The lowest BCUT2D eigenvalue weighted by molar-refractivity contribution is -0.113. The summed E-state index contributed by atoms with van der Waals surface area (Å²) in [6, 6.07) is 23.3. The summed E-state index contributed by atoms with van der Waals surface area (Å²) in [6.07, 6.45) is 2.79. The van der Waals surface area contributed by atoms with Crippen molar-refractivity contribution in [3.8, 4) is 16.9 Å². The summed E-state index contributed by atoms with van der Waals surface area (Å²) < 4.78 is 12.9. The smallest absolute Gasteiger partial charge is 0.251 e. The molecule has 0 aliphatic heterocycles. The van der Waals surface area contributed by atoms with Gasteiger partial charge in [0, 0.05) is 40.7 Å². The van der Waals surface area contributed by atoms with Crippen molar-refractivity contribution in [2.75, 3.05) is 13.2 Å². The highest BCUT2D eigenvalue weighted by molar-refractivity contribution is 6.31. The van der Waals surface area contributed by atoms with E-state index >= 15 is 0 Å². The number of para-hydroxylation sites is 1. The van der Waals surface area contributed by atoms with E-state index in [2.05, 4.69) is 22.4 Å². The van der Waals surface area contributed by atoms with Crippen LogP contribution in [0.1, 0.15) is 58.3 Å². The van der Waals surface area contributed by atoms with Gasteiger partial charge in [0.1, 0.15) is 24.1 Å². The zero-order valence-corrected chi connectivity index (χ0v) is 28.4. The standard InChI is InChI=1S/C39H43ClN2O8/c40-32-14-9-25(6-5-24-7-10-26(11-8-24)38(48)42-21-33(44)36(46)37(47)34(45)22-43)19-27(32)23-49-39(16-17-39)31-20-41-18-15-29(31)30-3-1-2-4-35(30)50-28-12-13-28/h1-4,7-11,14-15,18-20,28,33-34,36-37,43-47H,5-6,12-13,16-17,21-23H2,(H,42,48). The molecule has 4 aromatic rings. The number of carbonyl (C=O) groups excluding carboxylic acids is 1. The normalized spacial score (nSPS) is 17.4. The number of benzene rings is 3. The molecule has 4 atom stereocenters. The highest BCUT2D eigenvalue weighted by atomic mass is 35.5. The van der Waals surface area contributed by atoms with E-state index in [1.807, 2.05) is 60.9 Å². The number of aromatic nitrogens is 1. The molecule has 0 bridgehead atoms. The van der Waals surface area contributed by atoms with Crippen LogP contribution in [0.4, 0.5) is 0 Å². The second-order valence-electron chi connectivity index (χ2n) is 13.1. The fourth-order valence-electron chi connectivity index (χ4n) is 5.96. The zero-order valence-electron chi connectivity index (χ0n) is 27.6. The summed E-state index contributed by atoms with van der Waals surface area (Å²) in [6.45, 7) is -0.774. The first-order valence-electron chi connectivity index (χ1n) is 17.0. The van der Waals surface area contributed by atoms with E-state index in [1.165, 1.54) is 0 Å². The van der Waals surface area contributed by atoms with Crippen molar-refractivity contribution in [1.29, 1.82) is 0 Å². The summed E-state index contributed by atoms with van der Waals surface area (Å²) >= 11 is 6.65. The molecule has 6 N–H and O–H groups in total. The Kier molecular flexibility index (Phi) is 11.5. The summed E-state index contributed by atoms with van der Waals surface area (Å²) in [5.74, 6) is 0.419. The van der Waals surface area contributed by atoms with Gasteiger partial charge in [-0.05, 0) is 91.1 Å². The lowest BCUT2D eigenvalue weighted by atomic mass is 9.96. The Morgan fingerprint density at radius 2 is 1.60 bits per heavy atom. The van der Waals surface area contributed by atoms with E-state index < -0.39 is 42.5 Å². The van der Waals surface area contributed by atoms with Crippen molar-refractivity contribution >= 4 is 17.5 Å². The predicted octanol–water partition coefficient (Wildman–Crippen LogP) is 4.10. The lowest BCUT2D eigenvalue weighted by Crippen LogP contribution is -2.49. The summed E-state index contributed by atoms with van der Waals surface area (Å²) in [5, 5.41) is 51.3. The van der Waals surface area contributed by atoms with Gasteiger partial charge in [-0.15, -0.1) is 0 Å². The average molecular weight is 703 g/mol. The van der Waals surface area contributed by atoms with Gasteiger partial charge in [-0.1, -0.05) is 54.1 Å². The monoisotopic (exact) mass is 702 g/mol. The zero-order chi connectivity index (χ0) is 35.3. The second kappa shape index (κ2) is 16.0. The van der Waals surface area contributed by atoms with Gasteiger partial charge in [0.25, 0.3) is 5.91 Å². The van der Waals surface area contributed by atoms with Gasteiger partial charge in [-0.25, -0.2) is 0 Å². The van der Waals surface area contributed by atoms with Crippen LogP contribution in [-0.4, -0.2) is 80.1 Å². The van der Waals surface area contributed by atoms with Gasteiger partial charge in [0.2, 0.25) is 0 Å². The highest BCUT2D eigenvalue weighted by Gasteiger charge is 2.48. The Labute approximate surface area is 296 Å². The van der Waals surface area contributed by atoms with Crippen molar-refractivity contribution < 1.29 is 39.8 Å². The Morgan fingerprint density at radius 1 is 0.900 bits per heavy atom. The van der Waals surface area contributed by atoms with Crippen molar-refractivity contribution in [3.05, 3.63) is 118 Å². The van der Waals surface area contributed by atoms with Crippen LogP contribution in [0, 0.1) is 0 Å². The maximum atomic E-state index is 12.6. The van der Waals surface area contributed by atoms with Gasteiger partial charge in [0.05, 0.1) is 31.0 Å². The van der Waals surface area contributed by atoms with Crippen molar-refractivity contribution in [1.82, 2.24) is 10.3 Å². The molecule has 0 spiro atoms. The third-order valence-electron chi connectivity index (χ3n) is 9.34. The molecule has 2 saturated carbocycles. The number of ether oxygens (including phenoxy) is 2. The number of nitrogens with one attached hydrogen (secondary N) is 1. The molecule has 2 aliphatic carbocycles. The molecule has 3 aromatic carbocycles. The fraction of sp³-hybridized carbons (Fsp3) is 0.385. The summed E-state index contributed by atoms with van der Waals surface area (Å²) in [4.78, 5) is 17.0. The summed E-state index contributed by atoms with van der Waals surface area (Å²) in [5.41, 5.74) is 6.15. The minimum absolute atomic E-state index is 0.291. The number of aryl methyl sites for hydroxylation is 2. The molecule has 11 heteroatoms. The highest BCUT2D eigenvalue weighted by Crippen LogP contribution is 2.53. The third kappa shape index (κ3) is 8.70. The van der Waals surface area contributed by atoms with Crippen LogP contribution in [0.2, 0.25) is 5.02 Å². The van der Waals surface area contributed by atoms with E-state index in [0.717, 1.165) is 77.7 Å². The molecule has 264 valence electrons. The first-order chi connectivity index (χ1) is 24.2. The van der Waals surface area contributed by atoms with Crippen LogP contribution in [0.15, 0.2) is 85.2 Å². The van der Waals surface area contributed by atoms with Gasteiger partial charge >= 0.3 is 0 Å². The van der Waals surface area contributed by atoms with Crippen LogP contribution in [0.5, 0.6) is 5.75 Å². The predicted molar refractivity (Wildman–Crippen MR) is 188 cm³/mol. The van der Waals surface area contributed by atoms with E-state index in [0.29, 0.717) is 23.3 Å². The minimum Gasteiger partial charge on any atom is -0.490 e. The maximum absolute atomic E-state index is 12.6. The molecule has 1 heterocycles. The van der Waals surface area contributed by atoms with E-state index in [-0.39, 0.29) is 6.54 Å². The summed E-state index contributed by atoms with van der Waals surface area (Å²) in [7, 11) is 0. The first-order valence-corrected chi connectivity index (χ1v) is 17.4. The maximum Gasteiger partial charge on any atom is 0.251 e. The van der Waals surface area contributed by atoms with Crippen LogP contribution in [-0.2, 0) is 29.8 Å². The van der Waals surface area contributed by atoms with Crippen molar-refractivity contribution in [2.24, 2.45) is 0 Å². The number of rotatable bonds is 17. The van der Waals surface area contributed by atoms with Crippen molar-refractivity contribution in [3.63, 3.8) is 0 Å². The number of hydrogen-bond acceptors (Lipinski definition) is 9. The molecule has 0 saturated heterocycles. The number of aliphatic hydroxyl groups is 5. The van der Waals surface area contributed by atoms with E-state index in [1.54, 1.807) is 12.1 Å². The number of hydrogen-bond donors (Lipinski definition) is 6. The number of amides is 1. The molecular weight excluding hydrogens is 660 g/mol. The molecule has 1 aromatic heterocycles. The molecule has 2 fully saturated rings. The molecule has 10 nitrogen and oxygen atoms in total. The topological polar surface area (TPSA) is 162 Å². The molecular formula is C39H43ClN2O8. The van der Waals surface area contributed by atoms with Crippen LogP contribution >= 0.6 is 11.6 Å². The van der Waals surface area contributed by atoms with Crippen LogP contribution in [0.3, 0.4) is 0 Å². The number of carbonyl (C=O) groups is 1. The third-order valence-corrected chi connectivity index (χ3v) is 9.71.